The van der Waals surface area contributed by atoms with Gasteiger partial charge in [0.1, 0.15) is 29.3 Å². The van der Waals surface area contributed by atoms with Crippen molar-refractivity contribution in [2.75, 3.05) is 13.2 Å². The fourth-order valence-corrected chi connectivity index (χ4v) is 3.64. The third-order valence-corrected chi connectivity index (χ3v) is 5.88. The molecule has 35 heavy (non-hydrogen) atoms. The number of rotatable bonds is 6. The maximum Gasteiger partial charge on any atom is 0.424 e. The summed E-state index contributed by atoms with van der Waals surface area (Å²) < 4.78 is 66.6. The number of halogens is 4. The number of nitrogens with zero attached hydrogens (tertiary/aromatic N) is 1. The number of ether oxygens (including phenoxy) is 1. The van der Waals surface area contributed by atoms with Crippen LogP contribution in [0, 0.1) is 5.82 Å². The molecule has 1 aromatic carbocycles. The number of pyridine rings is 1. The Kier molecular flexibility index (Phi) is 5.79. The van der Waals surface area contributed by atoms with Gasteiger partial charge in [-0.15, -0.1) is 0 Å². The van der Waals surface area contributed by atoms with E-state index in [4.69, 9.17) is 14.9 Å². The van der Waals surface area contributed by atoms with Crippen LogP contribution < -0.4 is 15.8 Å². The predicted molar refractivity (Wildman–Crippen MR) is 113 cm³/mol. The smallest absolute Gasteiger partial charge is 0.424 e. The monoisotopic (exact) mass is 493 g/mol. The Hall–Kier alpha value is -3.93. The first-order valence-electron chi connectivity index (χ1n) is 10.2. The molecule has 0 fully saturated rings. The van der Waals surface area contributed by atoms with E-state index in [2.05, 4.69) is 4.98 Å². The number of fused-ring (bicyclic) bond motifs is 1. The topological polar surface area (TPSA) is 128 Å². The molecule has 0 aliphatic carbocycles. The number of furan rings is 1. The van der Waals surface area contributed by atoms with Gasteiger partial charge in [0.2, 0.25) is 11.5 Å². The molecule has 0 spiro atoms. The number of primary amides is 1. The Bertz CT molecular complexity index is 1280. The molecule has 1 aliphatic rings. The molecule has 4 rings (SSSR count). The zero-order valence-electron chi connectivity index (χ0n) is 18.1. The highest BCUT2D eigenvalue weighted by molar-refractivity contribution is 5.91. The van der Waals surface area contributed by atoms with Crippen LogP contribution in [0.5, 0.6) is 5.75 Å². The Balaban J connectivity index is 1.87. The molecule has 0 unspecified atom stereocenters. The number of benzene rings is 1. The van der Waals surface area contributed by atoms with Crippen LogP contribution in [0.25, 0.3) is 11.3 Å². The number of amides is 2. The summed E-state index contributed by atoms with van der Waals surface area (Å²) in [7, 11) is 0. The van der Waals surface area contributed by atoms with Crippen LogP contribution in [0.2, 0.25) is 0 Å². The molecule has 4 N–H and O–H groups in total. The normalized spacial score (nSPS) is 18.9. The van der Waals surface area contributed by atoms with Gasteiger partial charge in [-0.3, -0.25) is 9.59 Å². The average Bonchev–Trinajstić information content (AvgIpc) is 3.46. The third-order valence-electron chi connectivity index (χ3n) is 5.88. The zero-order chi connectivity index (χ0) is 25.6. The number of carbonyl (C=O) groups is 2. The summed E-state index contributed by atoms with van der Waals surface area (Å²) >= 11 is 0. The summed E-state index contributed by atoms with van der Waals surface area (Å²) in [5.41, 5.74) is -0.649. The molecule has 0 saturated carbocycles. The largest absolute Gasteiger partial charge is 0.489 e. The summed E-state index contributed by atoms with van der Waals surface area (Å²) in [6, 6.07) is 8.14. The summed E-state index contributed by atoms with van der Waals surface area (Å²) in [5.74, 6) is -2.76. The van der Waals surface area contributed by atoms with Crippen molar-refractivity contribution in [3.63, 3.8) is 0 Å². The van der Waals surface area contributed by atoms with Crippen LogP contribution in [0.3, 0.4) is 0 Å². The van der Waals surface area contributed by atoms with Gasteiger partial charge in [-0.05, 0) is 49.4 Å². The third kappa shape index (κ3) is 4.09. The van der Waals surface area contributed by atoms with Crippen LogP contribution >= 0.6 is 0 Å². The lowest BCUT2D eigenvalue weighted by molar-refractivity contribution is -0.265. The van der Waals surface area contributed by atoms with E-state index in [0.29, 0.717) is 0 Å². The first-order valence-corrected chi connectivity index (χ1v) is 10.2. The minimum atomic E-state index is -5.31. The van der Waals surface area contributed by atoms with Crippen molar-refractivity contribution < 1.29 is 41.4 Å². The van der Waals surface area contributed by atoms with E-state index in [1.165, 1.54) is 31.2 Å². The number of aliphatic hydroxyl groups is 1. The van der Waals surface area contributed by atoms with Crippen LogP contribution in [0.15, 0.2) is 53.1 Å². The number of alkyl halides is 3. The first-order chi connectivity index (χ1) is 16.4. The fourth-order valence-electron chi connectivity index (χ4n) is 3.64. The second-order valence-electron chi connectivity index (χ2n) is 8.24. The van der Waals surface area contributed by atoms with Crippen LogP contribution in [-0.4, -0.2) is 41.2 Å². The molecule has 0 saturated heterocycles. The second kappa shape index (κ2) is 8.38. The molecule has 1 aliphatic heterocycles. The van der Waals surface area contributed by atoms with Crippen molar-refractivity contribution >= 4 is 11.8 Å². The van der Waals surface area contributed by atoms with Gasteiger partial charge in [-0.1, -0.05) is 0 Å². The predicted octanol–water partition coefficient (Wildman–Crippen LogP) is 2.80. The van der Waals surface area contributed by atoms with Gasteiger partial charge in [0.15, 0.2) is 5.76 Å². The van der Waals surface area contributed by atoms with Crippen LogP contribution in [0.4, 0.5) is 17.6 Å². The van der Waals surface area contributed by atoms with Crippen molar-refractivity contribution in [1.82, 2.24) is 10.3 Å². The highest BCUT2D eigenvalue weighted by Crippen LogP contribution is 2.47. The lowest BCUT2D eigenvalue weighted by atomic mass is 9.81. The van der Waals surface area contributed by atoms with Gasteiger partial charge in [-0.2, -0.15) is 13.2 Å². The van der Waals surface area contributed by atoms with E-state index in [-0.39, 0.29) is 34.9 Å². The summed E-state index contributed by atoms with van der Waals surface area (Å²) in [4.78, 5) is 28.4. The first kappa shape index (κ1) is 24.2. The molecular formula is C23H19F4N3O5. The Morgan fingerprint density at radius 3 is 2.49 bits per heavy atom. The van der Waals surface area contributed by atoms with E-state index in [1.807, 2.05) is 5.32 Å². The molecule has 184 valence electrons. The summed E-state index contributed by atoms with van der Waals surface area (Å²) in [6.45, 7) is -0.222. The number of nitrogens with two attached hydrogens (primary N) is 1. The number of nitrogens with one attached hydrogen (secondary N) is 1. The van der Waals surface area contributed by atoms with E-state index in [9.17, 15) is 32.3 Å². The SMILES string of the molecule is C[C@]1(C(N)=O)COc2c1cc([C@@](O)(CNC(=O)c1ccco1)C(F)(F)F)nc2-c1ccc(F)cc1. The highest BCUT2D eigenvalue weighted by Gasteiger charge is 2.57. The van der Waals surface area contributed by atoms with Crippen molar-refractivity contribution in [3.8, 4) is 17.0 Å². The minimum Gasteiger partial charge on any atom is -0.489 e. The molecule has 8 nitrogen and oxygen atoms in total. The molecule has 0 bridgehead atoms. The van der Waals surface area contributed by atoms with Gasteiger partial charge in [0, 0.05) is 11.1 Å². The molecule has 2 aromatic heterocycles. The van der Waals surface area contributed by atoms with Crippen molar-refractivity contribution in [3.05, 3.63) is 71.6 Å². The van der Waals surface area contributed by atoms with Crippen molar-refractivity contribution in [2.24, 2.45) is 5.73 Å². The minimum absolute atomic E-state index is 0.0224. The molecule has 2 atom stereocenters. The molecule has 12 heteroatoms. The zero-order valence-corrected chi connectivity index (χ0v) is 18.1. The number of hydrogen-bond donors (Lipinski definition) is 3. The number of aromatic nitrogens is 1. The molecule has 3 heterocycles. The number of hydrogen-bond acceptors (Lipinski definition) is 6. The molecule has 0 radical (unpaired) electrons. The Morgan fingerprint density at radius 2 is 1.91 bits per heavy atom. The quantitative estimate of drug-likeness (QED) is 0.453. The second-order valence-corrected chi connectivity index (χ2v) is 8.24. The van der Waals surface area contributed by atoms with E-state index >= 15 is 0 Å². The lowest BCUT2D eigenvalue weighted by Gasteiger charge is -2.31. The van der Waals surface area contributed by atoms with E-state index in [1.54, 1.807) is 0 Å². The lowest BCUT2D eigenvalue weighted by Crippen LogP contribution is -2.51. The van der Waals surface area contributed by atoms with Crippen molar-refractivity contribution in [2.45, 2.75) is 24.1 Å². The summed E-state index contributed by atoms with van der Waals surface area (Å²) in [5, 5.41) is 12.9. The molecule has 2 amide bonds. The van der Waals surface area contributed by atoms with Crippen LogP contribution in [0.1, 0.15) is 28.7 Å². The molecular weight excluding hydrogens is 474 g/mol. The Morgan fingerprint density at radius 1 is 1.23 bits per heavy atom. The van der Waals surface area contributed by atoms with Gasteiger partial charge in [-0.25, -0.2) is 9.37 Å². The average molecular weight is 493 g/mol. The highest BCUT2D eigenvalue weighted by atomic mass is 19.4. The van der Waals surface area contributed by atoms with Crippen LogP contribution in [-0.2, 0) is 15.8 Å². The van der Waals surface area contributed by atoms with Gasteiger partial charge in [0.25, 0.3) is 5.91 Å². The van der Waals surface area contributed by atoms with Crippen molar-refractivity contribution in [1.29, 1.82) is 0 Å². The van der Waals surface area contributed by atoms with E-state index < -0.39 is 47.1 Å². The Labute approximate surface area is 195 Å². The van der Waals surface area contributed by atoms with E-state index in [0.717, 1.165) is 24.5 Å². The fraction of sp³-hybridized carbons (Fsp3) is 0.261. The van der Waals surface area contributed by atoms with Gasteiger partial charge in [0.05, 0.1) is 18.5 Å². The maximum absolute atomic E-state index is 14.2. The standard InChI is InChI=1S/C23H19F4N3O5/c1-21(20(28)32)11-35-18-14(21)9-16(30-17(18)12-4-6-13(24)7-5-12)22(33,23(25,26)27)10-29-19(31)15-3-2-8-34-15/h2-9,33H,10-11H2,1H3,(H2,28,32)(H,29,31)/t21-,22-/m0/s1. The maximum atomic E-state index is 14.2. The van der Waals surface area contributed by atoms with Gasteiger partial charge >= 0.3 is 6.18 Å². The number of carbonyl (C=O) groups excluding carboxylic acids is 2. The van der Waals surface area contributed by atoms with Gasteiger partial charge < -0.3 is 25.3 Å². The molecule has 3 aromatic rings. The summed E-state index contributed by atoms with van der Waals surface area (Å²) in [6.07, 6.45) is -4.15.